The molecule has 6 nitrogen and oxygen atoms in total. The average molecular weight is 478 g/mol. The number of carbonyl (C=O) groups is 1. The number of hydrogen-bond donors (Lipinski definition) is 1. The van der Waals surface area contributed by atoms with E-state index < -0.39 is 0 Å². The number of aromatic nitrogens is 2. The van der Waals surface area contributed by atoms with Crippen molar-refractivity contribution in [3.8, 4) is 17.2 Å². The first-order chi connectivity index (χ1) is 16.0. The minimum Gasteiger partial charge on any atom is -0.496 e. The van der Waals surface area contributed by atoms with E-state index in [0.29, 0.717) is 22.4 Å². The van der Waals surface area contributed by atoms with Crippen LogP contribution in [0, 0.1) is 13.8 Å². The van der Waals surface area contributed by atoms with Gasteiger partial charge in [-0.15, -0.1) is 10.2 Å². The Morgan fingerprint density at radius 1 is 1.03 bits per heavy atom. The lowest BCUT2D eigenvalue weighted by Gasteiger charge is -2.08. The van der Waals surface area contributed by atoms with Gasteiger partial charge in [-0.3, -0.25) is 4.79 Å². The number of benzene rings is 3. The van der Waals surface area contributed by atoms with E-state index in [2.05, 4.69) is 47.6 Å². The second-order valence-electron chi connectivity index (χ2n) is 7.31. The molecule has 1 N–H and O–H groups in total. The molecule has 3 aromatic carbocycles. The van der Waals surface area contributed by atoms with Gasteiger partial charge in [-0.05, 0) is 67.4 Å². The molecule has 0 saturated carbocycles. The van der Waals surface area contributed by atoms with Gasteiger partial charge in [0.2, 0.25) is 5.91 Å². The van der Waals surface area contributed by atoms with Crippen LogP contribution in [0.5, 0.6) is 5.75 Å². The number of nitrogens with one attached hydrogen (secondary N) is 1. The first-order valence-electron chi connectivity index (χ1n) is 10.3. The molecule has 0 saturated heterocycles. The Hall–Kier alpha value is -3.23. The Labute approximate surface area is 201 Å². The molecule has 8 heteroatoms. The molecule has 0 atom stereocenters. The van der Waals surface area contributed by atoms with Crippen molar-refractivity contribution < 1.29 is 13.9 Å². The molecule has 0 unspecified atom stereocenters. The smallest absolute Gasteiger partial charge is 0.277 e. The number of amides is 1. The molecule has 1 heterocycles. The Kier molecular flexibility index (Phi) is 7.36. The highest BCUT2D eigenvalue weighted by atomic mass is 32.2. The van der Waals surface area contributed by atoms with Crippen molar-refractivity contribution in [2.75, 3.05) is 18.2 Å². The van der Waals surface area contributed by atoms with E-state index in [4.69, 9.17) is 9.15 Å². The van der Waals surface area contributed by atoms with Crippen LogP contribution < -0.4 is 10.1 Å². The van der Waals surface area contributed by atoms with Crippen LogP contribution in [0.3, 0.4) is 0 Å². The first-order valence-corrected chi connectivity index (χ1v) is 12.1. The first kappa shape index (κ1) is 22.9. The van der Waals surface area contributed by atoms with Crippen molar-refractivity contribution in [1.29, 1.82) is 0 Å². The number of aryl methyl sites for hydroxylation is 2. The molecule has 4 aromatic rings. The van der Waals surface area contributed by atoms with E-state index in [0.717, 1.165) is 10.6 Å². The summed E-state index contributed by atoms with van der Waals surface area (Å²) in [6.45, 7) is 4.20. The number of ether oxygens (including phenoxy) is 1. The molecule has 168 valence electrons. The number of rotatable bonds is 8. The zero-order valence-electron chi connectivity index (χ0n) is 18.5. The van der Waals surface area contributed by atoms with Gasteiger partial charge in [0.25, 0.3) is 11.1 Å². The molecule has 0 aliphatic rings. The third-order valence-electron chi connectivity index (χ3n) is 4.78. The number of carbonyl (C=O) groups excluding carboxylic acids is 1. The van der Waals surface area contributed by atoms with E-state index in [9.17, 15) is 4.79 Å². The molecule has 0 bridgehead atoms. The van der Waals surface area contributed by atoms with Crippen LogP contribution >= 0.6 is 23.5 Å². The van der Waals surface area contributed by atoms with Crippen molar-refractivity contribution in [3.63, 3.8) is 0 Å². The monoisotopic (exact) mass is 477 g/mol. The van der Waals surface area contributed by atoms with Gasteiger partial charge in [-0.1, -0.05) is 47.8 Å². The summed E-state index contributed by atoms with van der Waals surface area (Å²) in [5.74, 6) is 1.01. The van der Waals surface area contributed by atoms with Gasteiger partial charge in [0.15, 0.2) is 0 Å². The number of nitrogens with zero attached hydrogens (tertiary/aromatic N) is 2. The van der Waals surface area contributed by atoms with Crippen LogP contribution in [-0.4, -0.2) is 29.0 Å². The summed E-state index contributed by atoms with van der Waals surface area (Å²) in [6, 6.07) is 21.7. The van der Waals surface area contributed by atoms with Crippen molar-refractivity contribution in [3.05, 3.63) is 77.9 Å². The second kappa shape index (κ2) is 10.6. The third-order valence-corrected chi connectivity index (χ3v) is 6.77. The lowest BCUT2D eigenvalue weighted by atomic mass is 10.2. The molecule has 0 fully saturated rings. The molecule has 1 amide bonds. The minimum atomic E-state index is -0.146. The largest absolute Gasteiger partial charge is 0.496 e. The van der Waals surface area contributed by atoms with Gasteiger partial charge in [-0.25, -0.2) is 0 Å². The van der Waals surface area contributed by atoms with E-state index in [1.807, 2.05) is 48.5 Å². The maximum absolute atomic E-state index is 12.4. The van der Waals surface area contributed by atoms with Crippen LogP contribution in [-0.2, 0) is 4.79 Å². The van der Waals surface area contributed by atoms with Gasteiger partial charge in [0, 0.05) is 15.5 Å². The van der Waals surface area contributed by atoms with Gasteiger partial charge >= 0.3 is 0 Å². The van der Waals surface area contributed by atoms with Gasteiger partial charge < -0.3 is 14.5 Å². The average Bonchev–Trinajstić information content (AvgIpc) is 3.30. The SMILES string of the molecule is COc1ccccc1-c1nnc(SCC(=O)Nc2ccc(Sc3cc(C)ccc3C)cc2)o1. The quantitative estimate of drug-likeness (QED) is 0.301. The minimum absolute atomic E-state index is 0.146. The fourth-order valence-electron chi connectivity index (χ4n) is 3.07. The predicted molar refractivity (Wildman–Crippen MR) is 132 cm³/mol. The molecule has 0 aliphatic carbocycles. The van der Waals surface area contributed by atoms with Crippen LogP contribution in [0.2, 0.25) is 0 Å². The molecule has 0 aliphatic heterocycles. The number of para-hydroxylation sites is 1. The van der Waals surface area contributed by atoms with E-state index in [1.54, 1.807) is 18.9 Å². The highest BCUT2D eigenvalue weighted by Crippen LogP contribution is 2.32. The van der Waals surface area contributed by atoms with Gasteiger partial charge in [-0.2, -0.15) is 0 Å². The molecular weight excluding hydrogens is 454 g/mol. The predicted octanol–water partition coefficient (Wildman–Crippen LogP) is 6.24. The zero-order chi connectivity index (χ0) is 23.2. The fraction of sp³-hybridized carbons (Fsp3) is 0.160. The molecule has 4 rings (SSSR count). The van der Waals surface area contributed by atoms with Crippen molar-refractivity contribution in [2.45, 2.75) is 28.9 Å². The fourth-order valence-corrected chi connectivity index (χ4v) is 4.64. The second-order valence-corrected chi connectivity index (χ2v) is 9.35. The third kappa shape index (κ3) is 5.97. The molecule has 0 radical (unpaired) electrons. The standard InChI is InChI=1S/C25H23N3O3S2/c1-16-8-9-17(2)22(14-16)33-19-12-10-18(11-13-19)26-23(29)15-32-25-28-27-24(31-25)20-6-4-5-7-21(20)30-3/h4-14H,15H2,1-3H3,(H,26,29). The van der Waals surface area contributed by atoms with Crippen molar-refractivity contribution in [1.82, 2.24) is 10.2 Å². The van der Waals surface area contributed by atoms with Gasteiger partial charge in [0.05, 0.1) is 18.4 Å². The van der Waals surface area contributed by atoms with Crippen molar-refractivity contribution in [2.24, 2.45) is 0 Å². The normalized spacial score (nSPS) is 10.8. The Morgan fingerprint density at radius 2 is 1.82 bits per heavy atom. The molecule has 0 spiro atoms. The van der Waals surface area contributed by atoms with Crippen molar-refractivity contribution >= 4 is 35.1 Å². The Balaban J connectivity index is 1.31. The lowest BCUT2D eigenvalue weighted by molar-refractivity contribution is -0.113. The summed E-state index contributed by atoms with van der Waals surface area (Å²) >= 11 is 2.90. The van der Waals surface area contributed by atoms with E-state index in [1.165, 1.54) is 27.8 Å². The summed E-state index contributed by atoms with van der Waals surface area (Å²) < 4.78 is 11.0. The van der Waals surface area contributed by atoms with E-state index >= 15 is 0 Å². The van der Waals surface area contributed by atoms with Crippen LogP contribution in [0.4, 0.5) is 5.69 Å². The topological polar surface area (TPSA) is 77.2 Å². The number of anilines is 1. The molecule has 1 aromatic heterocycles. The summed E-state index contributed by atoms with van der Waals surface area (Å²) in [5.41, 5.74) is 3.93. The number of hydrogen-bond acceptors (Lipinski definition) is 7. The highest BCUT2D eigenvalue weighted by molar-refractivity contribution is 7.99. The zero-order valence-corrected chi connectivity index (χ0v) is 20.1. The Bertz CT molecular complexity index is 1260. The molecular formula is C25H23N3O3S2. The molecule has 33 heavy (non-hydrogen) atoms. The highest BCUT2D eigenvalue weighted by Gasteiger charge is 2.14. The lowest BCUT2D eigenvalue weighted by Crippen LogP contribution is -2.13. The van der Waals surface area contributed by atoms with Crippen LogP contribution in [0.15, 0.2) is 86.2 Å². The number of methoxy groups -OCH3 is 1. The Morgan fingerprint density at radius 3 is 2.61 bits per heavy atom. The van der Waals surface area contributed by atoms with E-state index in [-0.39, 0.29) is 11.7 Å². The summed E-state index contributed by atoms with van der Waals surface area (Å²) in [6.07, 6.45) is 0. The van der Waals surface area contributed by atoms with Crippen LogP contribution in [0.25, 0.3) is 11.5 Å². The number of thioether (sulfide) groups is 1. The van der Waals surface area contributed by atoms with Crippen LogP contribution in [0.1, 0.15) is 11.1 Å². The summed E-state index contributed by atoms with van der Waals surface area (Å²) in [4.78, 5) is 14.7. The summed E-state index contributed by atoms with van der Waals surface area (Å²) in [5, 5.41) is 11.3. The maximum atomic E-state index is 12.4. The summed E-state index contributed by atoms with van der Waals surface area (Å²) in [7, 11) is 1.59. The van der Waals surface area contributed by atoms with Gasteiger partial charge in [0.1, 0.15) is 5.75 Å². The maximum Gasteiger partial charge on any atom is 0.277 e.